The smallest absolute Gasteiger partial charge is 0.235 e. The van der Waals surface area contributed by atoms with Crippen LogP contribution in [0.2, 0.25) is 0 Å². The lowest BCUT2D eigenvalue weighted by Gasteiger charge is -2.41. The maximum atomic E-state index is 12.9. The molecule has 1 fully saturated rings. The van der Waals surface area contributed by atoms with Crippen LogP contribution in [0.15, 0.2) is 24.3 Å². The van der Waals surface area contributed by atoms with Gasteiger partial charge in [0.2, 0.25) is 6.36 Å². The van der Waals surface area contributed by atoms with Gasteiger partial charge in [0.15, 0.2) is 0 Å². The summed E-state index contributed by atoms with van der Waals surface area (Å²) in [6.45, 7) is 10.5. The van der Waals surface area contributed by atoms with E-state index in [1.54, 1.807) is 6.07 Å². The summed E-state index contributed by atoms with van der Waals surface area (Å²) in [6.07, 6.45) is -1.29. The lowest BCUT2D eigenvalue weighted by molar-refractivity contribution is -0.0597. The zero-order chi connectivity index (χ0) is 14.8. The van der Waals surface area contributed by atoms with E-state index in [4.69, 9.17) is 9.47 Å². The van der Waals surface area contributed by atoms with E-state index >= 15 is 0 Å². The highest BCUT2D eigenvalue weighted by atomic mass is 19.1. The van der Waals surface area contributed by atoms with Crippen molar-refractivity contribution in [2.45, 2.75) is 45.7 Å². The van der Waals surface area contributed by atoms with Gasteiger partial charge in [0, 0.05) is 25.6 Å². The molecule has 1 aromatic rings. The minimum absolute atomic E-state index is 0.0152. The van der Waals surface area contributed by atoms with Gasteiger partial charge in [-0.3, -0.25) is 4.90 Å². The number of hydrogen-bond donors (Lipinski definition) is 0. The first-order valence-corrected chi connectivity index (χ1v) is 7.13. The van der Waals surface area contributed by atoms with E-state index in [1.165, 1.54) is 6.92 Å². The molecule has 1 aliphatic heterocycles. The molecule has 0 N–H and O–H groups in total. The SMILES string of the molecule is CC(F)Oc1cccc(C2CN(C(C)(C)C)CCO2)c1. The van der Waals surface area contributed by atoms with E-state index in [0.29, 0.717) is 12.4 Å². The highest BCUT2D eigenvalue weighted by molar-refractivity contribution is 5.30. The minimum atomic E-state index is -1.30. The lowest BCUT2D eigenvalue weighted by atomic mass is 10.0. The standard InChI is InChI=1S/C16H24FNO2/c1-12(17)20-14-7-5-6-13(10-14)15-11-18(8-9-19-15)16(2,3)4/h5-7,10,12,15H,8-9,11H2,1-4H3. The molecule has 112 valence electrons. The molecule has 0 saturated carbocycles. The first-order chi connectivity index (χ1) is 9.36. The zero-order valence-corrected chi connectivity index (χ0v) is 12.7. The predicted molar refractivity (Wildman–Crippen MR) is 77.7 cm³/mol. The Balaban J connectivity index is 2.11. The second kappa shape index (κ2) is 6.10. The average Bonchev–Trinajstić information content (AvgIpc) is 2.37. The molecule has 0 aromatic heterocycles. The van der Waals surface area contributed by atoms with Crippen molar-refractivity contribution in [2.75, 3.05) is 19.7 Å². The number of nitrogens with zero attached hydrogens (tertiary/aromatic N) is 1. The Hall–Kier alpha value is -1.13. The first-order valence-electron chi connectivity index (χ1n) is 7.13. The summed E-state index contributed by atoms with van der Waals surface area (Å²) in [5.74, 6) is 0.550. The molecule has 0 radical (unpaired) electrons. The van der Waals surface area contributed by atoms with E-state index in [2.05, 4.69) is 25.7 Å². The average molecular weight is 281 g/mol. The van der Waals surface area contributed by atoms with E-state index < -0.39 is 6.36 Å². The normalized spacial score (nSPS) is 22.6. The van der Waals surface area contributed by atoms with Crippen molar-refractivity contribution in [3.8, 4) is 5.75 Å². The second-order valence-electron chi connectivity index (χ2n) is 6.21. The van der Waals surface area contributed by atoms with Gasteiger partial charge in [-0.1, -0.05) is 12.1 Å². The molecule has 0 spiro atoms. The van der Waals surface area contributed by atoms with Crippen LogP contribution >= 0.6 is 0 Å². The number of rotatable bonds is 3. The topological polar surface area (TPSA) is 21.7 Å². The predicted octanol–water partition coefficient (Wildman–Crippen LogP) is 3.55. The van der Waals surface area contributed by atoms with Gasteiger partial charge in [0.05, 0.1) is 12.7 Å². The van der Waals surface area contributed by atoms with Crippen LogP contribution in [0.1, 0.15) is 39.4 Å². The molecular weight excluding hydrogens is 257 g/mol. The van der Waals surface area contributed by atoms with Crippen LogP contribution in [0.4, 0.5) is 4.39 Å². The Bertz CT molecular complexity index is 442. The molecule has 2 atom stereocenters. The highest BCUT2D eigenvalue weighted by Gasteiger charge is 2.29. The van der Waals surface area contributed by atoms with E-state index in [0.717, 1.165) is 18.7 Å². The molecule has 0 amide bonds. The molecule has 2 rings (SSSR count). The third-order valence-corrected chi connectivity index (χ3v) is 3.54. The van der Waals surface area contributed by atoms with Crippen molar-refractivity contribution < 1.29 is 13.9 Å². The van der Waals surface area contributed by atoms with Gasteiger partial charge in [-0.15, -0.1) is 0 Å². The second-order valence-corrected chi connectivity index (χ2v) is 6.21. The van der Waals surface area contributed by atoms with Crippen LogP contribution in [0.5, 0.6) is 5.75 Å². The molecule has 4 heteroatoms. The van der Waals surface area contributed by atoms with E-state index in [1.807, 2.05) is 18.2 Å². The van der Waals surface area contributed by atoms with Gasteiger partial charge >= 0.3 is 0 Å². The largest absolute Gasteiger partial charge is 0.461 e. The molecule has 2 unspecified atom stereocenters. The molecular formula is C16H24FNO2. The molecule has 20 heavy (non-hydrogen) atoms. The fourth-order valence-electron chi connectivity index (χ4n) is 2.44. The van der Waals surface area contributed by atoms with Crippen molar-refractivity contribution >= 4 is 0 Å². The summed E-state index contributed by atoms with van der Waals surface area (Å²) in [7, 11) is 0. The third-order valence-electron chi connectivity index (χ3n) is 3.54. The summed E-state index contributed by atoms with van der Waals surface area (Å²) >= 11 is 0. The Morgan fingerprint density at radius 3 is 2.80 bits per heavy atom. The van der Waals surface area contributed by atoms with Crippen LogP contribution < -0.4 is 4.74 Å². The summed E-state index contributed by atoms with van der Waals surface area (Å²) in [4.78, 5) is 2.41. The maximum Gasteiger partial charge on any atom is 0.235 e. The molecule has 0 bridgehead atoms. The van der Waals surface area contributed by atoms with Crippen molar-refractivity contribution in [3.05, 3.63) is 29.8 Å². The fraction of sp³-hybridized carbons (Fsp3) is 0.625. The number of morpholine rings is 1. The summed E-state index contributed by atoms with van der Waals surface area (Å²) in [6, 6.07) is 7.52. The molecule has 1 aliphatic rings. The van der Waals surface area contributed by atoms with Gasteiger partial charge in [-0.05, 0) is 38.5 Å². The van der Waals surface area contributed by atoms with Gasteiger partial charge in [-0.25, -0.2) is 4.39 Å². The number of benzene rings is 1. The van der Waals surface area contributed by atoms with E-state index in [9.17, 15) is 4.39 Å². The quantitative estimate of drug-likeness (QED) is 0.845. The fourth-order valence-corrected chi connectivity index (χ4v) is 2.44. The Morgan fingerprint density at radius 2 is 2.15 bits per heavy atom. The van der Waals surface area contributed by atoms with Crippen molar-refractivity contribution in [3.63, 3.8) is 0 Å². The Morgan fingerprint density at radius 1 is 1.40 bits per heavy atom. The molecule has 1 heterocycles. The molecule has 0 aliphatic carbocycles. The van der Waals surface area contributed by atoms with Crippen LogP contribution in [-0.2, 0) is 4.74 Å². The molecule has 1 aromatic carbocycles. The van der Waals surface area contributed by atoms with E-state index in [-0.39, 0.29) is 11.6 Å². The van der Waals surface area contributed by atoms with Crippen molar-refractivity contribution in [2.24, 2.45) is 0 Å². The maximum absolute atomic E-state index is 12.9. The summed E-state index contributed by atoms with van der Waals surface area (Å²) in [5, 5.41) is 0. The van der Waals surface area contributed by atoms with Gasteiger partial charge in [-0.2, -0.15) is 0 Å². The summed E-state index contributed by atoms with van der Waals surface area (Å²) < 4.78 is 23.9. The third kappa shape index (κ3) is 3.93. The molecule has 1 saturated heterocycles. The van der Waals surface area contributed by atoms with Crippen molar-refractivity contribution in [1.82, 2.24) is 4.90 Å². The molecule has 3 nitrogen and oxygen atoms in total. The number of hydrogen-bond acceptors (Lipinski definition) is 3. The first kappa shape index (κ1) is 15.3. The van der Waals surface area contributed by atoms with Gasteiger partial charge in [0.25, 0.3) is 0 Å². The summed E-state index contributed by atoms with van der Waals surface area (Å²) in [5.41, 5.74) is 1.17. The monoisotopic (exact) mass is 281 g/mol. The number of ether oxygens (including phenoxy) is 2. The lowest BCUT2D eigenvalue weighted by Crippen LogP contribution is -2.48. The van der Waals surface area contributed by atoms with Crippen molar-refractivity contribution in [1.29, 1.82) is 0 Å². The Labute approximate surface area is 120 Å². The highest BCUT2D eigenvalue weighted by Crippen LogP contribution is 2.28. The zero-order valence-electron chi connectivity index (χ0n) is 12.7. The van der Waals surface area contributed by atoms with Crippen LogP contribution in [0.3, 0.4) is 0 Å². The number of halogens is 1. The Kier molecular flexibility index (Phi) is 4.66. The van der Waals surface area contributed by atoms with Crippen LogP contribution in [-0.4, -0.2) is 36.5 Å². The van der Waals surface area contributed by atoms with Crippen LogP contribution in [0.25, 0.3) is 0 Å². The minimum Gasteiger partial charge on any atom is -0.461 e. The van der Waals surface area contributed by atoms with Crippen LogP contribution in [0, 0.1) is 0 Å². The number of alkyl halides is 1. The van der Waals surface area contributed by atoms with Gasteiger partial charge < -0.3 is 9.47 Å². The van der Waals surface area contributed by atoms with Gasteiger partial charge in [0.1, 0.15) is 5.75 Å².